The van der Waals surface area contributed by atoms with Crippen LogP contribution >= 0.6 is 0 Å². The van der Waals surface area contributed by atoms with Crippen molar-refractivity contribution in [1.29, 1.82) is 0 Å². The third-order valence-corrected chi connectivity index (χ3v) is 4.12. The largest absolute Gasteiger partial charge is 0.550 e. The van der Waals surface area contributed by atoms with Crippen molar-refractivity contribution in [3.8, 4) is 5.75 Å². The van der Waals surface area contributed by atoms with Crippen LogP contribution in [0.4, 0.5) is 0 Å². The summed E-state index contributed by atoms with van der Waals surface area (Å²) in [5, 5.41) is 11.1. The Kier molecular flexibility index (Phi) is 6.17. The van der Waals surface area contributed by atoms with Gasteiger partial charge in [-0.2, -0.15) is 0 Å². The van der Waals surface area contributed by atoms with E-state index in [0.29, 0.717) is 18.6 Å². The Hall–Kier alpha value is -2.57. The molecule has 2 rings (SSSR count). The molecule has 0 spiro atoms. The summed E-state index contributed by atoms with van der Waals surface area (Å²) in [4.78, 5) is 34.9. The molecule has 0 aliphatic heterocycles. The lowest BCUT2D eigenvalue weighted by molar-refractivity contribution is -0.314. The Morgan fingerprint density at radius 2 is 1.71 bits per heavy atom. The number of carbonyl (C=O) groups excluding carboxylic acids is 3. The number of carboxylic acid groups (broad SMARTS) is 1. The van der Waals surface area contributed by atoms with Crippen molar-refractivity contribution >= 4 is 17.8 Å². The highest BCUT2D eigenvalue weighted by Gasteiger charge is 2.31. The van der Waals surface area contributed by atoms with E-state index in [1.54, 1.807) is 12.1 Å². The number of hydrogen-bond acceptors (Lipinski definition) is 5. The lowest BCUT2D eigenvalue weighted by Crippen LogP contribution is -2.50. The van der Waals surface area contributed by atoms with Gasteiger partial charge >= 0.3 is 0 Å². The Morgan fingerprint density at radius 1 is 1.08 bits per heavy atom. The van der Waals surface area contributed by atoms with E-state index >= 15 is 0 Å². The second-order valence-corrected chi connectivity index (χ2v) is 5.96. The molecule has 0 radical (unpaired) electrons. The fraction of sp³-hybridized carbons (Fsp3) is 0.471. The van der Waals surface area contributed by atoms with E-state index in [1.165, 1.54) is 0 Å². The van der Waals surface area contributed by atoms with E-state index in [4.69, 9.17) is 4.74 Å². The number of rotatable bonds is 5. The van der Waals surface area contributed by atoms with Crippen LogP contribution in [0.5, 0.6) is 5.75 Å². The maximum atomic E-state index is 12.1. The van der Waals surface area contributed by atoms with Gasteiger partial charge < -0.3 is 14.6 Å². The second-order valence-electron chi connectivity index (χ2n) is 5.96. The number of carbonyl (C=O) groups is 3. The molecule has 0 bridgehead atoms. The Bertz CT molecular complexity index is 600. The van der Waals surface area contributed by atoms with Crippen molar-refractivity contribution in [2.24, 2.45) is 11.8 Å². The first-order chi connectivity index (χ1) is 11.5. The van der Waals surface area contributed by atoms with Gasteiger partial charge in [-0.25, -0.2) is 0 Å². The number of hydrazine groups is 1. The molecule has 0 aromatic heterocycles. The fourth-order valence-corrected chi connectivity index (χ4v) is 2.77. The molecule has 1 aromatic rings. The monoisotopic (exact) mass is 333 g/mol. The van der Waals surface area contributed by atoms with E-state index in [1.807, 2.05) is 19.1 Å². The minimum absolute atomic E-state index is 0.252. The van der Waals surface area contributed by atoms with Gasteiger partial charge in [0.25, 0.3) is 5.91 Å². The molecular formula is C17H21N2O5-. The third-order valence-electron chi connectivity index (χ3n) is 4.12. The Morgan fingerprint density at radius 3 is 2.33 bits per heavy atom. The van der Waals surface area contributed by atoms with Gasteiger partial charge in [-0.15, -0.1) is 0 Å². The lowest BCUT2D eigenvalue weighted by atomic mass is 9.79. The van der Waals surface area contributed by atoms with Crippen LogP contribution in [0.25, 0.3) is 0 Å². The highest BCUT2D eigenvalue weighted by Crippen LogP contribution is 2.29. The van der Waals surface area contributed by atoms with Crippen molar-refractivity contribution in [1.82, 2.24) is 10.9 Å². The molecule has 0 saturated heterocycles. The van der Waals surface area contributed by atoms with Crippen LogP contribution in [-0.4, -0.2) is 24.4 Å². The van der Waals surface area contributed by atoms with Gasteiger partial charge in [0.05, 0.1) is 0 Å². The highest BCUT2D eigenvalue weighted by molar-refractivity contribution is 5.87. The SMILES string of the molecule is Cc1ccc(OCC(=O)NNC(=O)[C@@H]2CCCC[C@@H]2C(=O)[O-])cc1. The average molecular weight is 333 g/mol. The van der Waals surface area contributed by atoms with Gasteiger partial charge in [0.1, 0.15) is 5.75 Å². The molecule has 0 heterocycles. The molecule has 1 aromatic carbocycles. The predicted molar refractivity (Wildman–Crippen MR) is 83.4 cm³/mol. The van der Waals surface area contributed by atoms with Gasteiger partial charge in [-0.3, -0.25) is 20.4 Å². The summed E-state index contributed by atoms with van der Waals surface area (Å²) >= 11 is 0. The van der Waals surface area contributed by atoms with Gasteiger partial charge in [-0.05, 0) is 31.9 Å². The fourth-order valence-electron chi connectivity index (χ4n) is 2.77. The first kappa shape index (κ1) is 17.8. The van der Waals surface area contributed by atoms with Crippen LogP contribution in [-0.2, 0) is 14.4 Å². The number of ether oxygens (including phenoxy) is 1. The number of hydrogen-bond donors (Lipinski definition) is 2. The average Bonchev–Trinajstić information content (AvgIpc) is 2.59. The van der Waals surface area contributed by atoms with Crippen molar-refractivity contribution in [2.75, 3.05) is 6.61 Å². The number of aliphatic carboxylic acids is 1. The maximum absolute atomic E-state index is 12.1. The maximum Gasteiger partial charge on any atom is 0.276 e. The van der Waals surface area contributed by atoms with E-state index in [-0.39, 0.29) is 6.61 Å². The summed E-state index contributed by atoms with van der Waals surface area (Å²) in [6, 6.07) is 7.21. The zero-order valence-corrected chi connectivity index (χ0v) is 13.5. The van der Waals surface area contributed by atoms with Gasteiger partial charge in [0, 0.05) is 17.8 Å². The third kappa shape index (κ3) is 4.97. The summed E-state index contributed by atoms with van der Waals surface area (Å²) in [5.41, 5.74) is 5.59. The van der Waals surface area contributed by atoms with Gasteiger partial charge in [0.2, 0.25) is 5.91 Å². The first-order valence-corrected chi connectivity index (χ1v) is 7.96. The van der Waals surface area contributed by atoms with Crippen molar-refractivity contribution in [3.63, 3.8) is 0 Å². The van der Waals surface area contributed by atoms with Crippen LogP contribution in [0.15, 0.2) is 24.3 Å². The van der Waals surface area contributed by atoms with Crippen LogP contribution in [0, 0.1) is 18.8 Å². The summed E-state index contributed by atoms with van der Waals surface area (Å²) in [6.45, 7) is 1.69. The van der Waals surface area contributed by atoms with Gasteiger partial charge in [-0.1, -0.05) is 30.5 Å². The minimum atomic E-state index is -1.22. The van der Waals surface area contributed by atoms with Crippen LogP contribution in [0.2, 0.25) is 0 Å². The molecular weight excluding hydrogens is 312 g/mol. The number of benzene rings is 1. The van der Waals surface area contributed by atoms with Crippen LogP contribution < -0.4 is 20.7 Å². The summed E-state index contributed by atoms with van der Waals surface area (Å²) < 4.78 is 5.29. The normalized spacial score (nSPS) is 20.0. The summed E-state index contributed by atoms with van der Waals surface area (Å²) in [7, 11) is 0. The van der Waals surface area contributed by atoms with E-state index < -0.39 is 29.6 Å². The molecule has 2 amide bonds. The molecule has 24 heavy (non-hydrogen) atoms. The van der Waals surface area contributed by atoms with Crippen molar-refractivity contribution in [2.45, 2.75) is 32.6 Å². The molecule has 2 atom stereocenters. The predicted octanol–water partition coefficient (Wildman–Crippen LogP) is 0.0775. The molecule has 130 valence electrons. The summed E-state index contributed by atoms with van der Waals surface area (Å²) in [6.07, 6.45) is 2.44. The molecule has 1 fully saturated rings. The minimum Gasteiger partial charge on any atom is -0.550 e. The number of nitrogens with one attached hydrogen (secondary N) is 2. The van der Waals surface area contributed by atoms with Crippen molar-refractivity contribution in [3.05, 3.63) is 29.8 Å². The smallest absolute Gasteiger partial charge is 0.276 e. The first-order valence-electron chi connectivity index (χ1n) is 7.96. The molecule has 7 heteroatoms. The van der Waals surface area contributed by atoms with Crippen molar-refractivity contribution < 1.29 is 24.2 Å². The lowest BCUT2D eigenvalue weighted by Gasteiger charge is -2.31. The Labute approximate surface area is 140 Å². The van der Waals surface area contributed by atoms with E-state index in [0.717, 1.165) is 18.4 Å². The zero-order valence-electron chi connectivity index (χ0n) is 13.5. The number of amides is 2. The molecule has 1 aliphatic carbocycles. The van der Waals surface area contributed by atoms with Crippen LogP contribution in [0.1, 0.15) is 31.2 Å². The standard InChI is InChI=1S/C17H22N2O5/c1-11-6-8-12(9-7-11)24-10-15(20)18-19-16(21)13-4-2-3-5-14(13)17(22)23/h6-9,13-14H,2-5,10H2,1H3,(H,18,20)(H,19,21)(H,22,23)/p-1/t13-,14+/m1/s1. The Balaban J connectivity index is 1.77. The molecule has 0 unspecified atom stereocenters. The molecule has 7 nitrogen and oxygen atoms in total. The van der Waals surface area contributed by atoms with Crippen LogP contribution in [0.3, 0.4) is 0 Å². The zero-order chi connectivity index (χ0) is 17.5. The quantitative estimate of drug-likeness (QED) is 0.742. The number of carboxylic acids is 1. The van der Waals surface area contributed by atoms with E-state index in [2.05, 4.69) is 10.9 Å². The molecule has 1 aliphatic rings. The topological polar surface area (TPSA) is 108 Å². The highest BCUT2D eigenvalue weighted by atomic mass is 16.5. The molecule has 2 N–H and O–H groups in total. The molecule has 1 saturated carbocycles. The number of aryl methyl sites for hydroxylation is 1. The second kappa shape index (κ2) is 8.33. The van der Waals surface area contributed by atoms with Gasteiger partial charge in [0.15, 0.2) is 6.61 Å². The van der Waals surface area contributed by atoms with E-state index in [9.17, 15) is 19.5 Å². The summed E-state index contributed by atoms with van der Waals surface area (Å²) in [5.74, 6) is -3.19.